The van der Waals surface area contributed by atoms with E-state index in [9.17, 15) is 0 Å². The monoisotopic (exact) mass is 222 g/mol. The second-order valence-electron chi connectivity index (χ2n) is 2.60. The summed E-state index contributed by atoms with van der Waals surface area (Å²) in [5.74, 6) is 0.922. The molecule has 1 aliphatic rings. The lowest BCUT2D eigenvalue weighted by Gasteiger charge is -2.25. The number of anilines is 1. The summed E-state index contributed by atoms with van der Waals surface area (Å²) < 4.78 is 0. The van der Waals surface area contributed by atoms with Crippen LogP contribution in [0.1, 0.15) is 5.56 Å². The Kier molecular flexibility index (Phi) is 5.02. The fourth-order valence-electron chi connectivity index (χ4n) is 1.12. The van der Waals surface area contributed by atoms with Crippen LogP contribution in [0.5, 0.6) is 0 Å². The Bertz CT molecular complexity index is 268. The Morgan fingerprint density at radius 2 is 2.23 bits per heavy atom. The molecule has 74 valence electrons. The van der Waals surface area contributed by atoms with Crippen LogP contribution in [0.25, 0.3) is 0 Å². The van der Waals surface area contributed by atoms with Gasteiger partial charge in [-0.25, -0.2) is 9.99 Å². The molecule has 0 aliphatic carbocycles. The highest BCUT2D eigenvalue weighted by molar-refractivity contribution is 5.85. The number of pyridine rings is 1. The molecule has 2 N–H and O–H groups in total. The van der Waals surface area contributed by atoms with Crippen LogP contribution in [-0.2, 0) is 6.54 Å². The van der Waals surface area contributed by atoms with E-state index in [1.54, 1.807) is 6.20 Å². The van der Waals surface area contributed by atoms with Crippen LogP contribution in [-0.4, -0.2) is 17.0 Å². The standard InChI is InChI=1S/C7H10N4.2ClH/c1-11-5-6-3-2-4-8-7(6)9-10-11;;/h2-4,10H,5H2,1H3,(H,8,9);2*1H. The number of halogens is 2. The molecule has 1 aromatic heterocycles. The molecule has 1 aromatic rings. The Hall–Kier alpha value is -0.550. The average molecular weight is 223 g/mol. The zero-order valence-corrected chi connectivity index (χ0v) is 8.78. The molecule has 0 fully saturated rings. The minimum atomic E-state index is 0. The molecule has 13 heavy (non-hydrogen) atoms. The van der Waals surface area contributed by atoms with Gasteiger partial charge in [-0.05, 0) is 6.07 Å². The summed E-state index contributed by atoms with van der Waals surface area (Å²) in [4.78, 5) is 4.15. The van der Waals surface area contributed by atoms with Crippen LogP contribution in [0.4, 0.5) is 5.82 Å². The first kappa shape index (κ1) is 12.4. The van der Waals surface area contributed by atoms with Gasteiger partial charge in [0.1, 0.15) is 5.82 Å². The van der Waals surface area contributed by atoms with E-state index in [0.717, 1.165) is 12.4 Å². The van der Waals surface area contributed by atoms with Gasteiger partial charge in [0.25, 0.3) is 0 Å². The van der Waals surface area contributed by atoms with Crippen LogP contribution in [0, 0.1) is 0 Å². The first-order valence-electron chi connectivity index (χ1n) is 3.53. The van der Waals surface area contributed by atoms with E-state index < -0.39 is 0 Å². The van der Waals surface area contributed by atoms with Crippen molar-refractivity contribution >= 4 is 30.6 Å². The molecule has 0 saturated carbocycles. The largest absolute Gasteiger partial charge is 0.292 e. The van der Waals surface area contributed by atoms with Crippen LogP contribution >= 0.6 is 24.8 Å². The van der Waals surface area contributed by atoms with E-state index in [-0.39, 0.29) is 24.8 Å². The molecule has 0 amide bonds. The molecule has 0 bridgehead atoms. The maximum absolute atomic E-state index is 4.15. The third-order valence-electron chi connectivity index (χ3n) is 1.66. The maximum atomic E-state index is 4.15. The molecule has 4 nitrogen and oxygen atoms in total. The summed E-state index contributed by atoms with van der Waals surface area (Å²) in [7, 11) is 1.98. The van der Waals surface area contributed by atoms with Gasteiger partial charge < -0.3 is 0 Å². The highest BCUT2D eigenvalue weighted by Crippen LogP contribution is 2.14. The number of hydrogen-bond acceptors (Lipinski definition) is 4. The first-order chi connectivity index (χ1) is 5.36. The normalized spacial score (nSPS) is 14.5. The smallest absolute Gasteiger partial charge is 0.145 e. The van der Waals surface area contributed by atoms with E-state index in [0.29, 0.717) is 0 Å². The van der Waals surface area contributed by atoms with E-state index in [1.807, 2.05) is 18.1 Å². The fraction of sp³-hybridized carbons (Fsp3) is 0.286. The lowest BCUT2D eigenvalue weighted by Crippen LogP contribution is -2.42. The zero-order chi connectivity index (χ0) is 7.68. The van der Waals surface area contributed by atoms with Gasteiger partial charge in [0, 0.05) is 25.4 Å². The van der Waals surface area contributed by atoms with Crippen molar-refractivity contribution in [2.45, 2.75) is 6.54 Å². The van der Waals surface area contributed by atoms with Gasteiger partial charge in [0.2, 0.25) is 0 Å². The Balaban J connectivity index is 0.000000720. The van der Waals surface area contributed by atoms with Crippen molar-refractivity contribution in [1.82, 2.24) is 15.5 Å². The number of nitrogens with zero attached hydrogens (tertiary/aromatic N) is 2. The molecule has 0 atom stereocenters. The molecule has 0 unspecified atom stereocenters. The van der Waals surface area contributed by atoms with Crippen molar-refractivity contribution in [1.29, 1.82) is 0 Å². The number of fused-ring (bicyclic) bond motifs is 1. The summed E-state index contributed by atoms with van der Waals surface area (Å²) in [6.07, 6.45) is 1.78. The molecule has 1 aliphatic heterocycles. The highest BCUT2D eigenvalue weighted by atomic mass is 35.5. The first-order valence-corrected chi connectivity index (χ1v) is 3.53. The van der Waals surface area contributed by atoms with Gasteiger partial charge in [-0.15, -0.1) is 24.8 Å². The van der Waals surface area contributed by atoms with E-state index in [4.69, 9.17) is 0 Å². The quantitative estimate of drug-likeness (QED) is 0.693. The van der Waals surface area contributed by atoms with Crippen LogP contribution < -0.4 is 11.0 Å². The number of rotatable bonds is 0. The van der Waals surface area contributed by atoms with Crippen molar-refractivity contribution in [3.05, 3.63) is 23.9 Å². The minimum absolute atomic E-state index is 0. The minimum Gasteiger partial charge on any atom is -0.292 e. The van der Waals surface area contributed by atoms with Gasteiger partial charge in [-0.1, -0.05) is 6.07 Å². The molecule has 6 heteroatoms. The van der Waals surface area contributed by atoms with Crippen molar-refractivity contribution in [2.24, 2.45) is 0 Å². The summed E-state index contributed by atoms with van der Waals surface area (Å²) >= 11 is 0. The molecular formula is C7H12Cl2N4. The van der Waals surface area contributed by atoms with E-state index >= 15 is 0 Å². The molecule has 0 aromatic carbocycles. The number of nitrogens with one attached hydrogen (secondary N) is 2. The van der Waals surface area contributed by atoms with Crippen molar-refractivity contribution in [2.75, 3.05) is 12.5 Å². The zero-order valence-electron chi connectivity index (χ0n) is 7.15. The Morgan fingerprint density at radius 3 is 3.00 bits per heavy atom. The van der Waals surface area contributed by atoms with Crippen molar-refractivity contribution in [3.63, 3.8) is 0 Å². The summed E-state index contributed by atoms with van der Waals surface area (Å²) in [6, 6.07) is 4.01. The molecular weight excluding hydrogens is 211 g/mol. The third kappa shape index (κ3) is 2.70. The maximum Gasteiger partial charge on any atom is 0.145 e. The number of aromatic nitrogens is 1. The molecule has 0 radical (unpaired) electrons. The highest BCUT2D eigenvalue weighted by Gasteiger charge is 2.10. The fourth-order valence-corrected chi connectivity index (χ4v) is 1.12. The molecule has 0 spiro atoms. The Morgan fingerprint density at radius 1 is 1.46 bits per heavy atom. The molecule has 0 saturated heterocycles. The molecule has 2 heterocycles. The second kappa shape index (κ2) is 5.24. The number of hydrazine groups is 2. The van der Waals surface area contributed by atoms with Gasteiger partial charge in [0.05, 0.1) is 0 Å². The third-order valence-corrected chi connectivity index (χ3v) is 1.66. The van der Waals surface area contributed by atoms with E-state index in [2.05, 4.69) is 22.0 Å². The average Bonchev–Trinajstić information content (AvgIpc) is 2.04. The van der Waals surface area contributed by atoms with Crippen LogP contribution in [0.15, 0.2) is 18.3 Å². The van der Waals surface area contributed by atoms with Gasteiger partial charge in [0.15, 0.2) is 0 Å². The lowest BCUT2D eigenvalue weighted by atomic mass is 10.2. The van der Waals surface area contributed by atoms with Crippen LogP contribution in [0.3, 0.4) is 0 Å². The van der Waals surface area contributed by atoms with E-state index in [1.165, 1.54) is 5.56 Å². The van der Waals surface area contributed by atoms with Gasteiger partial charge >= 0.3 is 0 Å². The predicted octanol–water partition coefficient (Wildman–Crippen LogP) is 1.20. The second-order valence-corrected chi connectivity index (χ2v) is 2.60. The SMILES string of the molecule is CN1Cc2cccnc2NN1.Cl.Cl. The number of hydrogen-bond donors (Lipinski definition) is 2. The van der Waals surface area contributed by atoms with Gasteiger partial charge in [-0.3, -0.25) is 5.43 Å². The lowest BCUT2D eigenvalue weighted by molar-refractivity contribution is 0.237. The predicted molar refractivity (Wildman–Crippen MR) is 57.0 cm³/mol. The summed E-state index contributed by atoms with van der Waals surface area (Å²) in [5.41, 5.74) is 7.15. The molecule has 2 rings (SSSR count). The summed E-state index contributed by atoms with van der Waals surface area (Å²) in [5, 5.41) is 1.96. The van der Waals surface area contributed by atoms with Gasteiger partial charge in [-0.2, -0.15) is 5.53 Å². The Labute approximate surface area is 89.5 Å². The van der Waals surface area contributed by atoms with Crippen LogP contribution in [0.2, 0.25) is 0 Å². The topological polar surface area (TPSA) is 40.2 Å². The summed E-state index contributed by atoms with van der Waals surface area (Å²) in [6.45, 7) is 0.885. The van der Waals surface area contributed by atoms with Crippen molar-refractivity contribution in [3.8, 4) is 0 Å². The van der Waals surface area contributed by atoms with Crippen molar-refractivity contribution < 1.29 is 0 Å².